The number of amides is 2. The van der Waals surface area contributed by atoms with Gasteiger partial charge in [-0.2, -0.15) is 0 Å². The average molecular weight is 359 g/mol. The molecule has 3 N–H and O–H groups in total. The van der Waals surface area contributed by atoms with E-state index in [9.17, 15) is 19.7 Å². The highest BCUT2D eigenvalue weighted by molar-refractivity contribution is 6.04. The van der Waals surface area contributed by atoms with Crippen LogP contribution in [0.4, 0.5) is 5.69 Å². The second-order valence-electron chi connectivity index (χ2n) is 5.17. The fourth-order valence-corrected chi connectivity index (χ4v) is 1.99. The van der Waals surface area contributed by atoms with Crippen molar-refractivity contribution in [2.75, 3.05) is 13.2 Å². The van der Waals surface area contributed by atoms with E-state index in [0.29, 0.717) is 12.0 Å². The van der Waals surface area contributed by atoms with E-state index in [1.807, 2.05) is 0 Å². The molecule has 0 saturated heterocycles. The van der Waals surface area contributed by atoms with Gasteiger partial charge >= 0.3 is 0 Å². The fraction of sp³-hybridized carbons (Fsp3) is 0.176. The van der Waals surface area contributed by atoms with Crippen molar-refractivity contribution < 1.29 is 24.0 Å². The minimum absolute atomic E-state index is 0.0303. The molecule has 0 aliphatic rings. The molecule has 0 unspecified atom stereocenters. The van der Waals surface area contributed by atoms with Gasteiger partial charge in [0.05, 0.1) is 11.2 Å². The van der Waals surface area contributed by atoms with E-state index in [1.165, 1.54) is 48.7 Å². The average Bonchev–Trinajstić information content (AvgIpc) is 3.16. The first kappa shape index (κ1) is 18.9. The summed E-state index contributed by atoms with van der Waals surface area (Å²) in [6, 6.07) is 8.48. The lowest BCUT2D eigenvalue weighted by Crippen LogP contribution is -2.35. The van der Waals surface area contributed by atoms with Gasteiger partial charge in [0, 0.05) is 25.3 Å². The number of furan rings is 1. The normalized spacial score (nSPS) is 11.0. The van der Waals surface area contributed by atoms with Gasteiger partial charge in [-0.25, -0.2) is 0 Å². The maximum atomic E-state index is 12.3. The number of carbonyl (C=O) groups is 2. The van der Waals surface area contributed by atoms with E-state index >= 15 is 0 Å². The van der Waals surface area contributed by atoms with Gasteiger partial charge in [0.25, 0.3) is 17.5 Å². The van der Waals surface area contributed by atoms with Crippen molar-refractivity contribution in [1.82, 2.24) is 10.6 Å². The molecule has 0 atom stereocenters. The monoisotopic (exact) mass is 359 g/mol. The van der Waals surface area contributed by atoms with Crippen LogP contribution in [0, 0.1) is 10.1 Å². The van der Waals surface area contributed by atoms with Crippen molar-refractivity contribution in [3.8, 4) is 0 Å². The third-order valence-electron chi connectivity index (χ3n) is 3.27. The zero-order valence-corrected chi connectivity index (χ0v) is 13.7. The summed E-state index contributed by atoms with van der Waals surface area (Å²) in [5.74, 6) is -1.14. The number of nitro benzene ring substituents is 1. The van der Waals surface area contributed by atoms with Gasteiger partial charge in [-0.3, -0.25) is 19.7 Å². The molecule has 1 aromatic carbocycles. The molecule has 2 rings (SSSR count). The van der Waals surface area contributed by atoms with Crippen LogP contribution >= 0.6 is 0 Å². The van der Waals surface area contributed by atoms with Crippen LogP contribution in [0.25, 0.3) is 6.08 Å². The maximum Gasteiger partial charge on any atom is 0.291 e. The van der Waals surface area contributed by atoms with Crippen molar-refractivity contribution in [3.63, 3.8) is 0 Å². The second kappa shape index (κ2) is 9.14. The lowest BCUT2D eigenvalue weighted by molar-refractivity contribution is -0.384. The Morgan fingerprint density at radius 3 is 2.54 bits per heavy atom. The number of aliphatic hydroxyl groups excluding tert-OH is 1. The van der Waals surface area contributed by atoms with Crippen LogP contribution in [-0.4, -0.2) is 35.0 Å². The molecule has 0 aliphatic heterocycles. The molecular formula is C17H17N3O6. The zero-order chi connectivity index (χ0) is 18.9. The molecule has 2 amide bonds. The van der Waals surface area contributed by atoms with Crippen molar-refractivity contribution in [1.29, 1.82) is 0 Å². The van der Waals surface area contributed by atoms with Crippen LogP contribution in [0.1, 0.15) is 22.5 Å². The highest BCUT2D eigenvalue weighted by atomic mass is 16.6. The molecule has 0 aliphatic carbocycles. The van der Waals surface area contributed by atoms with Crippen molar-refractivity contribution in [2.45, 2.75) is 6.42 Å². The topological polar surface area (TPSA) is 135 Å². The predicted octanol–water partition coefficient (Wildman–Crippen LogP) is 1.46. The van der Waals surface area contributed by atoms with Crippen molar-refractivity contribution >= 4 is 23.6 Å². The third kappa shape index (κ3) is 5.28. The molecule has 1 aromatic heterocycles. The quantitative estimate of drug-likeness (QED) is 0.283. The molecule has 9 heteroatoms. The van der Waals surface area contributed by atoms with Crippen molar-refractivity contribution in [2.24, 2.45) is 0 Å². The minimum Gasteiger partial charge on any atom is -0.459 e. The number of rotatable bonds is 8. The first-order chi connectivity index (χ1) is 12.5. The Bertz CT molecular complexity index is 796. The van der Waals surface area contributed by atoms with Crippen LogP contribution in [0.5, 0.6) is 0 Å². The fourth-order valence-electron chi connectivity index (χ4n) is 1.99. The van der Waals surface area contributed by atoms with Crippen LogP contribution in [0.15, 0.2) is 52.8 Å². The molecule has 26 heavy (non-hydrogen) atoms. The number of nitrogens with zero attached hydrogens (tertiary/aromatic N) is 1. The summed E-state index contributed by atoms with van der Waals surface area (Å²) < 4.78 is 4.99. The van der Waals surface area contributed by atoms with Crippen molar-refractivity contribution in [3.05, 3.63) is 69.8 Å². The molecule has 0 radical (unpaired) electrons. The number of aliphatic hydroxyl groups is 1. The molecule has 1 heterocycles. The van der Waals surface area contributed by atoms with E-state index in [1.54, 1.807) is 0 Å². The van der Waals surface area contributed by atoms with Crippen LogP contribution in [0.2, 0.25) is 0 Å². The van der Waals surface area contributed by atoms with E-state index in [2.05, 4.69) is 10.6 Å². The summed E-state index contributed by atoms with van der Waals surface area (Å²) in [5, 5.41) is 24.5. The molecule has 0 bridgehead atoms. The molecular weight excluding hydrogens is 342 g/mol. The minimum atomic E-state index is -0.611. The van der Waals surface area contributed by atoms with Crippen LogP contribution in [-0.2, 0) is 4.79 Å². The number of hydrogen-bond donors (Lipinski definition) is 3. The molecule has 136 valence electrons. The van der Waals surface area contributed by atoms with Crippen LogP contribution < -0.4 is 10.6 Å². The Morgan fingerprint density at radius 2 is 1.96 bits per heavy atom. The zero-order valence-electron chi connectivity index (χ0n) is 13.7. The predicted molar refractivity (Wildman–Crippen MR) is 92.0 cm³/mol. The number of nitrogens with one attached hydrogen (secondary N) is 2. The summed E-state index contributed by atoms with van der Waals surface area (Å²) in [5.41, 5.74) is 0.344. The summed E-state index contributed by atoms with van der Waals surface area (Å²) in [7, 11) is 0. The van der Waals surface area contributed by atoms with E-state index in [4.69, 9.17) is 9.52 Å². The number of benzene rings is 1. The molecule has 0 fully saturated rings. The third-order valence-corrected chi connectivity index (χ3v) is 3.27. The molecule has 0 saturated carbocycles. The maximum absolute atomic E-state index is 12.3. The van der Waals surface area contributed by atoms with Gasteiger partial charge in [0.15, 0.2) is 5.76 Å². The number of carbonyl (C=O) groups excluding carboxylic acids is 2. The summed E-state index contributed by atoms with van der Waals surface area (Å²) in [6.07, 6.45) is 3.08. The van der Waals surface area contributed by atoms with E-state index < -0.39 is 16.7 Å². The summed E-state index contributed by atoms with van der Waals surface area (Å²) in [6.45, 7) is 0.143. The summed E-state index contributed by atoms with van der Waals surface area (Å²) >= 11 is 0. The Kier molecular flexibility index (Phi) is 6.63. The number of hydrogen-bond acceptors (Lipinski definition) is 6. The summed E-state index contributed by atoms with van der Waals surface area (Å²) in [4.78, 5) is 34.6. The highest BCUT2D eigenvalue weighted by Gasteiger charge is 2.16. The smallest absolute Gasteiger partial charge is 0.291 e. The molecule has 9 nitrogen and oxygen atoms in total. The lowest BCUT2D eigenvalue weighted by atomic mass is 10.1. The van der Waals surface area contributed by atoms with E-state index in [0.717, 1.165) is 0 Å². The van der Waals surface area contributed by atoms with Gasteiger partial charge in [-0.05, 0) is 42.3 Å². The van der Waals surface area contributed by atoms with Gasteiger partial charge in [0.1, 0.15) is 5.70 Å². The number of nitro groups is 1. The Morgan fingerprint density at radius 1 is 1.23 bits per heavy atom. The first-order valence-electron chi connectivity index (χ1n) is 7.71. The van der Waals surface area contributed by atoms with Gasteiger partial charge in [0.2, 0.25) is 0 Å². The SMILES string of the molecule is O=C(NCCCO)C(=Cc1ccc([N+](=O)[O-])cc1)NC(=O)c1ccco1. The highest BCUT2D eigenvalue weighted by Crippen LogP contribution is 2.14. The second-order valence-corrected chi connectivity index (χ2v) is 5.17. The standard InChI is InChI=1S/C17H17N3O6/c21-9-2-8-18-16(22)14(19-17(23)15-3-1-10-26-15)11-12-4-6-13(7-5-12)20(24)25/h1,3-7,10-11,21H,2,8-9H2,(H,18,22)(H,19,23). The Hall–Kier alpha value is -3.46. The van der Waals surface area contributed by atoms with Gasteiger partial charge in [-0.15, -0.1) is 0 Å². The Labute approximate surface area is 148 Å². The molecule has 0 spiro atoms. The molecule has 2 aromatic rings. The van der Waals surface area contributed by atoms with E-state index in [-0.39, 0.29) is 30.3 Å². The van der Waals surface area contributed by atoms with Crippen LogP contribution in [0.3, 0.4) is 0 Å². The number of non-ortho nitro benzene ring substituents is 1. The Balaban J connectivity index is 2.21. The largest absolute Gasteiger partial charge is 0.459 e. The van der Waals surface area contributed by atoms with Gasteiger partial charge < -0.3 is 20.2 Å². The first-order valence-corrected chi connectivity index (χ1v) is 7.71. The van der Waals surface area contributed by atoms with Gasteiger partial charge in [-0.1, -0.05) is 0 Å². The lowest BCUT2D eigenvalue weighted by Gasteiger charge is -2.10.